The van der Waals surface area contributed by atoms with Gasteiger partial charge in [0, 0.05) is 6.42 Å². The Morgan fingerprint density at radius 3 is 1.57 bits per heavy atom. The first kappa shape index (κ1) is 40.3. The van der Waals surface area contributed by atoms with Crippen molar-refractivity contribution in [2.75, 3.05) is 19.8 Å². The van der Waals surface area contributed by atoms with Gasteiger partial charge < -0.3 is 79.5 Å². The Morgan fingerprint density at radius 1 is 0.553 bits per heavy atom. The van der Waals surface area contributed by atoms with E-state index in [4.69, 9.17) is 28.4 Å². The van der Waals surface area contributed by atoms with Crippen LogP contribution in [0.3, 0.4) is 0 Å². The van der Waals surface area contributed by atoms with E-state index in [9.17, 15) is 55.9 Å². The fraction of sp³-hybridized carbons (Fsp3) is 0.967. The number of esters is 1. The van der Waals surface area contributed by atoms with Crippen LogP contribution in [0.1, 0.15) is 71.1 Å². The van der Waals surface area contributed by atoms with Gasteiger partial charge in [-0.3, -0.25) is 4.79 Å². The van der Waals surface area contributed by atoms with Crippen LogP contribution in [0.25, 0.3) is 0 Å². The van der Waals surface area contributed by atoms with E-state index in [0.717, 1.165) is 25.7 Å². The standard InChI is InChI=1S/C30H54O17/c1-2-3-4-5-6-7-8-9-10-11-18(33)42-14-17-19(34)20(35)24(39)29(45-17)47-27-16(13-32)44-30(25(40)22(27)37)46-26-15(12-31)43-28(41)23(38)21(26)36/h15-17,19-32,34-41H,2-14H2,1H3/t15?,16?,17?,19-,20?,21?,22?,23?,24?,25?,26-,27-,28?,29-,30?/m1/s1. The van der Waals surface area contributed by atoms with E-state index < -0.39 is 118 Å². The molecule has 17 nitrogen and oxygen atoms in total. The Morgan fingerprint density at radius 2 is 1.02 bits per heavy atom. The molecule has 276 valence electrons. The summed E-state index contributed by atoms with van der Waals surface area (Å²) in [5.41, 5.74) is 0. The third-order valence-corrected chi connectivity index (χ3v) is 8.80. The summed E-state index contributed by atoms with van der Waals surface area (Å²) in [6, 6.07) is 0. The van der Waals surface area contributed by atoms with E-state index in [1.54, 1.807) is 0 Å². The van der Waals surface area contributed by atoms with E-state index in [0.29, 0.717) is 6.42 Å². The molecule has 11 unspecified atom stereocenters. The summed E-state index contributed by atoms with van der Waals surface area (Å²) in [6.45, 7) is 0.0804. The van der Waals surface area contributed by atoms with Gasteiger partial charge >= 0.3 is 5.97 Å². The normalized spacial score (nSPS) is 41.1. The molecular formula is C30H54O17. The molecule has 0 saturated carbocycles. The van der Waals surface area contributed by atoms with E-state index in [2.05, 4.69) is 6.92 Å². The van der Waals surface area contributed by atoms with Crippen LogP contribution >= 0.6 is 0 Å². The van der Waals surface area contributed by atoms with E-state index in [1.165, 1.54) is 25.7 Å². The van der Waals surface area contributed by atoms with Crippen LogP contribution < -0.4 is 0 Å². The molecule has 0 bridgehead atoms. The zero-order valence-corrected chi connectivity index (χ0v) is 26.7. The molecule has 17 heteroatoms. The third kappa shape index (κ3) is 10.9. The lowest BCUT2D eigenvalue weighted by Gasteiger charge is -2.47. The summed E-state index contributed by atoms with van der Waals surface area (Å²) in [5.74, 6) is -0.536. The van der Waals surface area contributed by atoms with E-state index in [-0.39, 0.29) is 6.42 Å². The van der Waals surface area contributed by atoms with Gasteiger partial charge in [0.25, 0.3) is 0 Å². The summed E-state index contributed by atoms with van der Waals surface area (Å²) < 4.78 is 32.5. The first-order valence-electron chi connectivity index (χ1n) is 16.5. The minimum atomic E-state index is -1.94. The molecule has 0 spiro atoms. The van der Waals surface area contributed by atoms with Crippen molar-refractivity contribution < 1.29 is 84.3 Å². The van der Waals surface area contributed by atoms with E-state index >= 15 is 0 Å². The SMILES string of the molecule is CCCCCCCCCCCC(=O)OCC1O[C@H](O[C@@H]2C(CO)OC(O[C@@H]3C(CO)OC(O)C(O)C3O)C(O)C2O)C(O)C(O)[C@@H]1O. The molecule has 0 amide bonds. The molecule has 3 heterocycles. The number of carbonyl (C=O) groups is 1. The highest BCUT2D eigenvalue weighted by atomic mass is 16.8. The average molecular weight is 687 g/mol. The summed E-state index contributed by atoms with van der Waals surface area (Å²) in [5, 5.41) is 103. The highest BCUT2D eigenvalue weighted by Crippen LogP contribution is 2.32. The van der Waals surface area contributed by atoms with Gasteiger partial charge in [0.1, 0.15) is 79.9 Å². The van der Waals surface area contributed by atoms with E-state index in [1.807, 2.05) is 0 Å². The minimum absolute atomic E-state index is 0.150. The molecule has 0 aromatic carbocycles. The van der Waals surface area contributed by atoms with Crippen molar-refractivity contribution >= 4 is 5.97 Å². The van der Waals surface area contributed by atoms with Gasteiger partial charge in [0.2, 0.25) is 0 Å². The van der Waals surface area contributed by atoms with Crippen molar-refractivity contribution in [3.8, 4) is 0 Å². The second-order valence-electron chi connectivity index (χ2n) is 12.4. The molecule has 15 atom stereocenters. The molecule has 3 aliphatic rings. The van der Waals surface area contributed by atoms with Crippen LogP contribution in [-0.4, -0.2) is 169 Å². The van der Waals surface area contributed by atoms with Gasteiger partial charge in [-0.2, -0.15) is 0 Å². The number of carbonyl (C=O) groups excluding carboxylic acids is 1. The minimum Gasteiger partial charge on any atom is -0.463 e. The number of hydrogen-bond acceptors (Lipinski definition) is 17. The lowest BCUT2D eigenvalue weighted by molar-refractivity contribution is -0.377. The highest BCUT2D eigenvalue weighted by molar-refractivity contribution is 5.69. The Labute approximate surface area is 273 Å². The average Bonchev–Trinajstić information content (AvgIpc) is 3.06. The number of unbranched alkanes of at least 4 members (excludes halogenated alkanes) is 8. The maximum Gasteiger partial charge on any atom is 0.305 e. The van der Waals surface area contributed by atoms with Crippen LogP contribution in [0.2, 0.25) is 0 Å². The topological polar surface area (TPSA) is 275 Å². The lowest BCUT2D eigenvalue weighted by atomic mass is 9.96. The van der Waals surface area contributed by atoms with Gasteiger partial charge in [0.15, 0.2) is 18.9 Å². The molecule has 3 fully saturated rings. The Bertz CT molecular complexity index is 894. The molecule has 0 aromatic rings. The predicted molar refractivity (Wildman–Crippen MR) is 157 cm³/mol. The van der Waals surface area contributed by atoms with Crippen LogP contribution in [0.5, 0.6) is 0 Å². The predicted octanol–water partition coefficient (Wildman–Crippen LogP) is -3.10. The van der Waals surface area contributed by atoms with Crippen molar-refractivity contribution in [3.05, 3.63) is 0 Å². The number of aliphatic hydroxyl groups is 10. The number of aliphatic hydroxyl groups excluding tert-OH is 10. The second-order valence-corrected chi connectivity index (χ2v) is 12.4. The summed E-state index contributed by atoms with van der Waals surface area (Å²) >= 11 is 0. The van der Waals surface area contributed by atoms with Crippen LogP contribution in [0.15, 0.2) is 0 Å². The van der Waals surface area contributed by atoms with Crippen LogP contribution in [-0.2, 0) is 33.2 Å². The molecular weight excluding hydrogens is 632 g/mol. The molecule has 0 aromatic heterocycles. The van der Waals surface area contributed by atoms with Gasteiger partial charge in [-0.25, -0.2) is 0 Å². The quantitative estimate of drug-likeness (QED) is 0.0505. The zero-order chi connectivity index (χ0) is 34.7. The Balaban J connectivity index is 1.52. The van der Waals surface area contributed by atoms with Gasteiger partial charge in [-0.05, 0) is 6.42 Å². The smallest absolute Gasteiger partial charge is 0.305 e. The molecule has 3 saturated heterocycles. The molecule has 47 heavy (non-hydrogen) atoms. The molecule has 3 aliphatic heterocycles. The molecule has 3 rings (SSSR count). The zero-order valence-electron chi connectivity index (χ0n) is 26.7. The first-order valence-corrected chi connectivity index (χ1v) is 16.5. The summed E-state index contributed by atoms with van der Waals surface area (Å²) in [4.78, 5) is 12.3. The Kier molecular flexibility index (Phi) is 17.1. The molecule has 0 aliphatic carbocycles. The molecule has 10 N–H and O–H groups in total. The van der Waals surface area contributed by atoms with Crippen molar-refractivity contribution in [2.45, 2.75) is 163 Å². The molecule has 0 radical (unpaired) electrons. The first-order chi connectivity index (χ1) is 22.4. The van der Waals surface area contributed by atoms with Crippen molar-refractivity contribution in [1.82, 2.24) is 0 Å². The van der Waals surface area contributed by atoms with Gasteiger partial charge in [-0.15, -0.1) is 0 Å². The second kappa shape index (κ2) is 19.9. The monoisotopic (exact) mass is 686 g/mol. The fourth-order valence-corrected chi connectivity index (χ4v) is 5.87. The maximum atomic E-state index is 12.3. The van der Waals surface area contributed by atoms with Gasteiger partial charge in [0.05, 0.1) is 13.2 Å². The Hall–Kier alpha value is -1.13. The van der Waals surface area contributed by atoms with Crippen LogP contribution in [0.4, 0.5) is 0 Å². The maximum absolute atomic E-state index is 12.3. The number of rotatable bonds is 18. The number of ether oxygens (including phenoxy) is 6. The highest BCUT2D eigenvalue weighted by Gasteiger charge is 2.53. The van der Waals surface area contributed by atoms with Crippen molar-refractivity contribution in [1.29, 1.82) is 0 Å². The van der Waals surface area contributed by atoms with Crippen molar-refractivity contribution in [2.24, 2.45) is 0 Å². The fourth-order valence-electron chi connectivity index (χ4n) is 5.87. The summed E-state index contributed by atoms with van der Waals surface area (Å²) in [6.07, 6.45) is -15.8. The van der Waals surface area contributed by atoms with Crippen molar-refractivity contribution in [3.63, 3.8) is 0 Å². The third-order valence-electron chi connectivity index (χ3n) is 8.80. The number of hydrogen-bond donors (Lipinski definition) is 10. The van der Waals surface area contributed by atoms with Crippen LogP contribution in [0, 0.1) is 0 Å². The van der Waals surface area contributed by atoms with Gasteiger partial charge in [-0.1, -0.05) is 58.3 Å². The summed E-state index contributed by atoms with van der Waals surface area (Å²) in [7, 11) is 0. The lowest BCUT2D eigenvalue weighted by Crippen LogP contribution is -2.66. The largest absolute Gasteiger partial charge is 0.463 e.